The third-order valence-corrected chi connectivity index (χ3v) is 1.66. The third-order valence-electron chi connectivity index (χ3n) is 1.66. The Hall–Kier alpha value is -2.44. The third kappa shape index (κ3) is 2.27. The molecule has 78 valence electrons. The topological polar surface area (TPSA) is 110 Å². The predicted molar refractivity (Wildman–Crippen MR) is 49.7 cm³/mol. The van der Waals surface area contributed by atoms with Crippen molar-refractivity contribution in [2.45, 2.75) is 0 Å². The van der Waals surface area contributed by atoms with Crippen LogP contribution in [0.15, 0.2) is 18.2 Å². The number of benzene rings is 1. The Labute approximate surface area is 83.5 Å². The fourth-order valence-corrected chi connectivity index (χ4v) is 1.02. The highest BCUT2D eigenvalue weighted by molar-refractivity contribution is 5.97. The molecule has 7 heteroatoms. The van der Waals surface area contributed by atoms with Crippen LogP contribution in [0.3, 0.4) is 0 Å². The largest absolute Gasteiger partial charge is 0.478 e. The van der Waals surface area contributed by atoms with Crippen molar-refractivity contribution in [3.8, 4) is 0 Å². The standard InChI is InChI=1S/C8H6N2O5/c11-4-9-7-3-5(10(14)15)1-2-6(7)8(12)13/h1-4H,(H,9,11)(H,12,13). The van der Waals surface area contributed by atoms with Gasteiger partial charge in [0.05, 0.1) is 16.2 Å². The SMILES string of the molecule is O=CNc1cc([N+](=O)[O-])ccc1C(=O)O. The molecule has 1 rings (SSSR count). The molecular weight excluding hydrogens is 204 g/mol. The Bertz CT molecular complexity index is 429. The molecule has 0 fully saturated rings. The van der Waals surface area contributed by atoms with Crippen LogP contribution in [0.4, 0.5) is 11.4 Å². The first kappa shape index (κ1) is 10.6. The van der Waals surface area contributed by atoms with E-state index in [0.717, 1.165) is 18.2 Å². The minimum atomic E-state index is -1.27. The van der Waals surface area contributed by atoms with Crippen LogP contribution in [0.1, 0.15) is 10.4 Å². The van der Waals surface area contributed by atoms with Gasteiger partial charge in [0.1, 0.15) is 0 Å². The average Bonchev–Trinajstić information content (AvgIpc) is 2.17. The van der Waals surface area contributed by atoms with Crippen LogP contribution >= 0.6 is 0 Å². The molecule has 1 aromatic carbocycles. The molecule has 0 saturated heterocycles. The maximum atomic E-state index is 10.7. The Balaban J connectivity index is 3.25. The zero-order valence-electron chi connectivity index (χ0n) is 7.34. The number of hydrogen-bond donors (Lipinski definition) is 2. The summed E-state index contributed by atoms with van der Waals surface area (Å²) < 4.78 is 0. The zero-order valence-corrected chi connectivity index (χ0v) is 7.34. The van der Waals surface area contributed by atoms with Gasteiger partial charge in [0, 0.05) is 12.1 Å². The van der Waals surface area contributed by atoms with Gasteiger partial charge in [-0.1, -0.05) is 0 Å². The number of nitro groups is 1. The van der Waals surface area contributed by atoms with Crippen LogP contribution in [-0.4, -0.2) is 22.4 Å². The number of carboxylic acids is 1. The van der Waals surface area contributed by atoms with Crippen molar-refractivity contribution in [1.29, 1.82) is 0 Å². The molecule has 0 bridgehead atoms. The Morgan fingerprint density at radius 1 is 1.53 bits per heavy atom. The van der Waals surface area contributed by atoms with Crippen LogP contribution in [0.2, 0.25) is 0 Å². The minimum absolute atomic E-state index is 0.105. The predicted octanol–water partition coefficient (Wildman–Crippen LogP) is 0.861. The molecule has 0 aliphatic heterocycles. The van der Waals surface area contributed by atoms with Gasteiger partial charge in [-0.15, -0.1) is 0 Å². The van der Waals surface area contributed by atoms with Gasteiger partial charge in [-0.05, 0) is 6.07 Å². The van der Waals surface area contributed by atoms with Crippen molar-refractivity contribution in [2.75, 3.05) is 5.32 Å². The van der Waals surface area contributed by atoms with Crippen molar-refractivity contribution in [3.05, 3.63) is 33.9 Å². The lowest BCUT2D eigenvalue weighted by Gasteiger charge is -2.03. The van der Waals surface area contributed by atoms with Gasteiger partial charge in [0.25, 0.3) is 5.69 Å². The van der Waals surface area contributed by atoms with Gasteiger partial charge in [-0.2, -0.15) is 0 Å². The van der Waals surface area contributed by atoms with E-state index in [0.29, 0.717) is 0 Å². The second-order valence-corrected chi connectivity index (χ2v) is 2.55. The van der Waals surface area contributed by atoms with Gasteiger partial charge in [0.2, 0.25) is 6.41 Å². The Kier molecular flexibility index (Phi) is 2.97. The summed E-state index contributed by atoms with van der Waals surface area (Å²) in [6.07, 6.45) is 0.255. The molecule has 0 radical (unpaired) electrons. The molecule has 0 unspecified atom stereocenters. The van der Waals surface area contributed by atoms with Crippen LogP contribution in [0.25, 0.3) is 0 Å². The zero-order chi connectivity index (χ0) is 11.4. The number of nitro benzene ring substituents is 1. The molecule has 1 aromatic rings. The number of nitrogens with one attached hydrogen (secondary N) is 1. The highest BCUT2D eigenvalue weighted by Crippen LogP contribution is 2.21. The molecule has 15 heavy (non-hydrogen) atoms. The summed E-state index contributed by atoms with van der Waals surface area (Å²) in [4.78, 5) is 30.5. The van der Waals surface area contributed by atoms with Crippen LogP contribution in [0, 0.1) is 10.1 Å². The van der Waals surface area contributed by atoms with Crippen molar-refractivity contribution >= 4 is 23.8 Å². The first-order chi connectivity index (χ1) is 7.06. The van der Waals surface area contributed by atoms with E-state index in [-0.39, 0.29) is 23.3 Å². The van der Waals surface area contributed by atoms with E-state index in [9.17, 15) is 19.7 Å². The lowest BCUT2D eigenvalue weighted by atomic mass is 10.1. The second-order valence-electron chi connectivity index (χ2n) is 2.55. The van der Waals surface area contributed by atoms with E-state index in [4.69, 9.17) is 5.11 Å². The van der Waals surface area contributed by atoms with E-state index >= 15 is 0 Å². The number of carboxylic acid groups (broad SMARTS) is 1. The number of non-ortho nitro benzene ring substituents is 1. The van der Waals surface area contributed by atoms with Gasteiger partial charge in [-0.25, -0.2) is 4.79 Å². The van der Waals surface area contributed by atoms with E-state index in [1.807, 2.05) is 0 Å². The molecule has 0 spiro atoms. The first-order valence-electron chi connectivity index (χ1n) is 3.78. The number of amides is 1. The Morgan fingerprint density at radius 2 is 2.20 bits per heavy atom. The molecule has 0 aromatic heterocycles. The second kappa shape index (κ2) is 4.18. The maximum Gasteiger partial charge on any atom is 0.337 e. The van der Waals surface area contributed by atoms with Crippen molar-refractivity contribution in [2.24, 2.45) is 0 Å². The molecule has 1 amide bonds. The number of nitrogens with zero attached hydrogens (tertiary/aromatic N) is 1. The molecule has 7 nitrogen and oxygen atoms in total. The lowest BCUT2D eigenvalue weighted by molar-refractivity contribution is -0.384. The summed E-state index contributed by atoms with van der Waals surface area (Å²) in [5.74, 6) is -1.27. The van der Waals surface area contributed by atoms with Crippen molar-refractivity contribution < 1.29 is 19.6 Å². The van der Waals surface area contributed by atoms with Crippen LogP contribution in [-0.2, 0) is 4.79 Å². The highest BCUT2D eigenvalue weighted by atomic mass is 16.6. The number of carbonyl (C=O) groups excluding carboxylic acids is 1. The molecule has 2 N–H and O–H groups in total. The number of aromatic carboxylic acids is 1. The molecule has 0 heterocycles. The molecular formula is C8H6N2O5. The highest BCUT2D eigenvalue weighted by Gasteiger charge is 2.14. The van der Waals surface area contributed by atoms with Gasteiger partial charge < -0.3 is 10.4 Å². The van der Waals surface area contributed by atoms with Gasteiger partial charge in [-0.3, -0.25) is 14.9 Å². The normalized spacial score (nSPS) is 9.33. The van der Waals surface area contributed by atoms with Gasteiger partial charge in [0.15, 0.2) is 0 Å². The molecule has 0 atom stereocenters. The average molecular weight is 210 g/mol. The summed E-state index contributed by atoms with van der Waals surface area (Å²) in [5.41, 5.74) is -0.594. The van der Waals surface area contributed by atoms with E-state index in [1.165, 1.54) is 0 Å². The fraction of sp³-hybridized carbons (Fsp3) is 0. The maximum absolute atomic E-state index is 10.7. The summed E-state index contributed by atoms with van der Waals surface area (Å²) >= 11 is 0. The number of rotatable bonds is 4. The molecule has 0 aliphatic carbocycles. The quantitative estimate of drug-likeness (QED) is 0.435. The van der Waals surface area contributed by atoms with Gasteiger partial charge >= 0.3 is 5.97 Å². The fourth-order valence-electron chi connectivity index (χ4n) is 1.02. The van der Waals surface area contributed by atoms with E-state index < -0.39 is 10.9 Å². The summed E-state index contributed by atoms with van der Waals surface area (Å²) in [6.45, 7) is 0. The first-order valence-corrected chi connectivity index (χ1v) is 3.78. The van der Waals surface area contributed by atoms with E-state index in [2.05, 4.69) is 5.32 Å². The lowest BCUT2D eigenvalue weighted by Crippen LogP contribution is -2.05. The van der Waals surface area contributed by atoms with Crippen molar-refractivity contribution in [1.82, 2.24) is 0 Å². The summed E-state index contributed by atoms with van der Waals surface area (Å²) in [7, 11) is 0. The Morgan fingerprint density at radius 3 is 2.67 bits per heavy atom. The van der Waals surface area contributed by atoms with Crippen molar-refractivity contribution in [3.63, 3.8) is 0 Å². The number of anilines is 1. The van der Waals surface area contributed by atoms with Crippen LogP contribution in [0.5, 0.6) is 0 Å². The smallest absolute Gasteiger partial charge is 0.337 e. The molecule has 0 aliphatic rings. The summed E-state index contributed by atoms with van der Waals surface area (Å²) in [6, 6.07) is 3.10. The van der Waals surface area contributed by atoms with E-state index in [1.54, 1.807) is 0 Å². The minimum Gasteiger partial charge on any atom is -0.478 e. The number of hydrogen-bond acceptors (Lipinski definition) is 4. The monoisotopic (exact) mass is 210 g/mol. The molecule has 0 saturated carbocycles. The number of carbonyl (C=O) groups is 2. The van der Waals surface area contributed by atoms with Crippen LogP contribution < -0.4 is 5.32 Å². The summed E-state index contributed by atoms with van der Waals surface area (Å²) in [5, 5.41) is 21.2.